The molecule has 0 unspecified atom stereocenters. The third-order valence-electron chi connectivity index (χ3n) is 1.79. The molecule has 2 nitrogen and oxygen atoms in total. The van der Waals surface area contributed by atoms with Crippen LogP contribution >= 0.6 is 34.8 Å². The van der Waals surface area contributed by atoms with E-state index in [1.54, 1.807) is 0 Å². The van der Waals surface area contributed by atoms with Crippen molar-refractivity contribution in [3.05, 3.63) is 27.3 Å². The second kappa shape index (κ2) is 5.50. The average Bonchev–Trinajstić information content (AvgIpc) is 2.12. The van der Waals surface area contributed by atoms with Gasteiger partial charge in [-0.3, -0.25) is 0 Å². The van der Waals surface area contributed by atoms with Gasteiger partial charge in [0.15, 0.2) is 5.11 Å². The van der Waals surface area contributed by atoms with Crippen LogP contribution in [0, 0.1) is 10.5 Å². The Hall–Kier alpha value is -0.360. The van der Waals surface area contributed by atoms with Crippen molar-refractivity contribution in [1.82, 2.24) is 5.32 Å². The monoisotopic (exact) mass is 320 g/mol. The maximum Gasteiger partial charge on any atom is 0.170 e. The second-order valence-electron chi connectivity index (χ2n) is 2.94. The summed E-state index contributed by atoms with van der Waals surface area (Å²) < 4.78 is 1.20. The van der Waals surface area contributed by atoms with E-state index < -0.39 is 0 Å². The van der Waals surface area contributed by atoms with Crippen LogP contribution in [0.25, 0.3) is 0 Å². The molecule has 0 saturated heterocycles. The minimum absolute atomic E-state index is 0.678. The Morgan fingerprint density at radius 3 is 2.86 bits per heavy atom. The van der Waals surface area contributed by atoms with Crippen molar-refractivity contribution in [3.63, 3.8) is 0 Å². The van der Waals surface area contributed by atoms with Gasteiger partial charge in [-0.05, 0) is 66.4 Å². The maximum atomic E-state index is 5.11. The number of aryl methyl sites for hydroxylation is 1. The van der Waals surface area contributed by atoms with Crippen LogP contribution in [-0.4, -0.2) is 11.7 Å². The van der Waals surface area contributed by atoms with Gasteiger partial charge in [0.05, 0.1) is 0 Å². The molecule has 1 aromatic carbocycles. The van der Waals surface area contributed by atoms with Gasteiger partial charge in [-0.1, -0.05) is 6.07 Å². The smallest absolute Gasteiger partial charge is 0.170 e. The van der Waals surface area contributed by atoms with Crippen LogP contribution in [0.5, 0.6) is 0 Å². The summed E-state index contributed by atoms with van der Waals surface area (Å²) in [5.74, 6) is 0. The Morgan fingerprint density at radius 1 is 1.50 bits per heavy atom. The molecule has 0 fully saturated rings. The van der Waals surface area contributed by atoms with Crippen molar-refractivity contribution < 1.29 is 0 Å². The highest BCUT2D eigenvalue weighted by molar-refractivity contribution is 14.1. The molecule has 1 aromatic rings. The molecule has 0 atom stereocenters. The number of nitrogens with one attached hydrogen (secondary N) is 2. The molecule has 0 saturated carbocycles. The number of halogens is 1. The molecule has 0 bridgehead atoms. The molecule has 0 aliphatic carbocycles. The number of hydrogen-bond acceptors (Lipinski definition) is 1. The zero-order valence-electron chi connectivity index (χ0n) is 8.23. The average molecular weight is 320 g/mol. The number of benzene rings is 1. The summed E-state index contributed by atoms with van der Waals surface area (Å²) in [7, 11) is 0. The third kappa shape index (κ3) is 3.42. The zero-order valence-corrected chi connectivity index (χ0v) is 11.2. The fourth-order valence-electron chi connectivity index (χ4n) is 1.06. The van der Waals surface area contributed by atoms with Gasteiger partial charge in [-0.15, -0.1) is 0 Å². The molecule has 0 aliphatic heterocycles. The summed E-state index contributed by atoms with van der Waals surface area (Å²) >= 11 is 7.40. The van der Waals surface area contributed by atoms with Crippen LogP contribution in [0.2, 0.25) is 0 Å². The minimum Gasteiger partial charge on any atom is -0.363 e. The van der Waals surface area contributed by atoms with Gasteiger partial charge >= 0.3 is 0 Å². The highest BCUT2D eigenvalue weighted by Crippen LogP contribution is 2.17. The number of rotatable bonds is 2. The van der Waals surface area contributed by atoms with Gasteiger partial charge in [0.2, 0.25) is 0 Å². The van der Waals surface area contributed by atoms with E-state index in [2.05, 4.69) is 58.3 Å². The topological polar surface area (TPSA) is 24.1 Å². The van der Waals surface area contributed by atoms with Crippen molar-refractivity contribution in [2.45, 2.75) is 13.8 Å². The first kappa shape index (κ1) is 11.7. The summed E-state index contributed by atoms with van der Waals surface area (Å²) in [4.78, 5) is 0. The van der Waals surface area contributed by atoms with E-state index in [1.165, 1.54) is 9.13 Å². The van der Waals surface area contributed by atoms with E-state index in [-0.39, 0.29) is 0 Å². The lowest BCUT2D eigenvalue weighted by Gasteiger charge is -2.11. The number of thiocarbonyl (C=S) groups is 1. The molecule has 4 heteroatoms. The molecule has 2 N–H and O–H groups in total. The molecule has 0 radical (unpaired) electrons. The minimum atomic E-state index is 0.678. The van der Waals surface area contributed by atoms with Gasteiger partial charge in [0, 0.05) is 15.8 Å². The predicted octanol–water partition coefficient (Wildman–Crippen LogP) is 2.91. The summed E-state index contributed by atoms with van der Waals surface area (Å²) in [6.45, 7) is 4.93. The number of hydrogen-bond donors (Lipinski definition) is 2. The summed E-state index contributed by atoms with van der Waals surface area (Å²) in [5.41, 5.74) is 2.27. The van der Waals surface area contributed by atoms with Gasteiger partial charge < -0.3 is 10.6 Å². The van der Waals surface area contributed by atoms with Crippen molar-refractivity contribution >= 4 is 45.6 Å². The first-order valence-corrected chi connectivity index (χ1v) is 5.93. The lowest BCUT2D eigenvalue weighted by Crippen LogP contribution is -2.28. The van der Waals surface area contributed by atoms with Gasteiger partial charge in [-0.2, -0.15) is 0 Å². The van der Waals surface area contributed by atoms with Crippen molar-refractivity contribution in [2.75, 3.05) is 11.9 Å². The molecule has 14 heavy (non-hydrogen) atoms. The molecule has 0 aliphatic rings. The molecular weight excluding hydrogens is 307 g/mol. The molecule has 76 valence electrons. The van der Waals surface area contributed by atoms with Gasteiger partial charge in [0.1, 0.15) is 0 Å². The Balaban J connectivity index is 2.75. The largest absolute Gasteiger partial charge is 0.363 e. The van der Waals surface area contributed by atoms with Crippen LogP contribution in [-0.2, 0) is 0 Å². The van der Waals surface area contributed by atoms with Crippen molar-refractivity contribution in [3.8, 4) is 0 Å². The molecule has 0 heterocycles. The van der Waals surface area contributed by atoms with Gasteiger partial charge in [-0.25, -0.2) is 0 Å². The summed E-state index contributed by atoms with van der Waals surface area (Å²) in [6.07, 6.45) is 0. The van der Waals surface area contributed by atoms with E-state index in [0.29, 0.717) is 5.11 Å². The predicted molar refractivity (Wildman–Crippen MR) is 73.8 cm³/mol. The van der Waals surface area contributed by atoms with E-state index in [4.69, 9.17) is 12.2 Å². The normalized spacial score (nSPS) is 9.64. The highest BCUT2D eigenvalue weighted by atomic mass is 127. The first-order chi connectivity index (χ1) is 6.63. The molecule has 0 amide bonds. The summed E-state index contributed by atoms with van der Waals surface area (Å²) in [5, 5.41) is 6.90. The Morgan fingerprint density at radius 2 is 2.21 bits per heavy atom. The van der Waals surface area contributed by atoms with Crippen molar-refractivity contribution in [2.24, 2.45) is 0 Å². The van der Waals surface area contributed by atoms with E-state index >= 15 is 0 Å². The van der Waals surface area contributed by atoms with Crippen LogP contribution < -0.4 is 10.6 Å². The maximum absolute atomic E-state index is 5.11. The number of anilines is 1. The van der Waals surface area contributed by atoms with Crippen molar-refractivity contribution in [1.29, 1.82) is 0 Å². The van der Waals surface area contributed by atoms with E-state index in [9.17, 15) is 0 Å². The lowest BCUT2D eigenvalue weighted by molar-refractivity contribution is 0.979. The fourth-order valence-corrected chi connectivity index (χ4v) is 1.80. The fraction of sp³-hybridized carbons (Fsp3) is 0.300. The SMILES string of the molecule is CCNC(=S)Nc1cc(I)ccc1C. The molecule has 0 aromatic heterocycles. The van der Waals surface area contributed by atoms with Crippen LogP contribution in [0.1, 0.15) is 12.5 Å². The molecule has 1 rings (SSSR count). The van der Waals surface area contributed by atoms with Crippen LogP contribution in [0.3, 0.4) is 0 Å². The van der Waals surface area contributed by atoms with E-state index in [0.717, 1.165) is 12.2 Å². The third-order valence-corrected chi connectivity index (χ3v) is 2.70. The van der Waals surface area contributed by atoms with Crippen LogP contribution in [0.4, 0.5) is 5.69 Å². The first-order valence-electron chi connectivity index (χ1n) is 4.44. The Labute approximate surface area is 104 Å². The Kier molecular flexibility index (Phi) is 4.60. The van der Waals surface area contributed by atoms with Crippen LogP contribution in [0.15, 0.2) is 18.2 Å². The zero-order chi connectivity index (χ0) is 10.6. The molecular formula is C10H13IN2S. The standard InChI is InChI=1S/C10H13IN2S/c1-3-12-10(14)13-9-6-8(11)5-4-7(9)2/h4-6H,3H2,1-2H3,(H2,12,13,14). The summed E-state index contributed by atoms with van der Waals surface area (Å²) in [6, 6.07) is 6.25. The second-order valence-corrected chi connectivity index (χ2v) is 4.60. The van der Waals surface area contributed by atoms with Gasteiger partial charge in [0.25, 0.3) is 0 Å². The lowest BCUT2D eigenvalue weighted by atomic mass is 10.2. The quantitative estimate of drug-likeness (QED) is 0.647. The Bertz CT molecular complexity index is 339. The van der Waals surface area contributed by atoms with E-state index in [1.807, 2.05) is 6.92 Å². The highest BCUT2D eigenvalue weighted by Gasteiger charge is 2.00. The molecule has 0 spiro atoms.